The fourth-order valence-corrected chi connectivity index (χ4v) is 5.79. The van der Waals surface area contributed by atoms with Crippen LogP contribution in [0.15, 0.2) is 29.2 Å². The van der Waals surface area contributed by atoms with Gasteiger partial charge in [0.05, 0.1) is 4.90 Å². The molecule has 8 heteroatoms. The van der Waals surface area contributed by atoms with E-state index < -0.39 is 10.0 Å². The summed E-state index contributed by atoms with van der Waals surface area (Å²) in [6.07, 6.45) is 4.75. The smallest absolute Gasteiger partial charge is 0.317 e. The predicted octanol–water partition coefficient (Wildman–Crippen LogP) is 3.00. The fraction of sp³-hybridized carbons (Fsp3) is 0.682. The van der Waals surface area contributed by atoms with Gasteiger partial charge in [0.1, 0.15) is 0 Å². The molecule has 0 bridgehead atoms. The molecule has 1 aromatic rings. The van der Waals surface area contributed by atoms with Crippen LogP contribution in [0.25, 0.3) is 0 Å². The van der Waals surface area contributed by atoms with Crippen molar-refractivity contribution < 1.29 is 17.9 Å². The van der Waals surface area contributed by atoms with Crippen LogP contribution in [-0.2, 0) is 21.2 Å². The van der Waals surface area contributed by atoms with E-state index >= 15 is 0 Å². The number of amides is 2. The van der Waals surface area contributed by atoms with Crippen LogP contribution in [0.1, 0.15) is 51.5 Å². The summed E-state index contributed by atoms with van der Waals surface area (Å²) in [5.41, 5.74) is 1.12. The van der Waals surface area contributed by atoms with Crippen LogP contribution in [0.3, 0.4) is 0 Å². The maximum atomic E-state index is 13.1. The highest BCUT2D eigenvalue weighted by molar-refractivity contribution is 7.89. The lowest BCUT2D eigenvalue weighted by molar-refractivity contribution is 0.0255. The number of carbonyl (C=O) groups excluding carboxylic acids is 1. The van der Waals surface area contributed by atoms with E-state index in [4.69, 9.17) is 4.74 Å². The third-order valence-electron chi connectivity index (χ3n) is 6.13. The molecule has 0 radical (unpaired) electrons. The lowest BCUT2D eigenvalue weighted by Gasteiger charge is -2.43. The second-order valence-electron chi connectivity index (χ2n) is 8.12. The number of sulfonamides is 1. The van der Waals surface area contributed by atoms with Crippen molar-refractivity contribution in [3.63, 3.8) is 0 Å². The van der Waals surface area contributed by atoms with Gasteiger partial charge in [-0.15, -0.1) is 0 Å². The summed E-state index contributed by atoms with van der Waals surface area (Å²) in [4.78, 5) is 15.2. The number of aryl methyl sites for hydroxylation is 1. The van der Waals surface area contributed by atoms with Crippen molar-refractivity contribution in [2.75, 3.05) is 32.8 Å². The van der Waals surface area contributed by atoms with Gasteiger partial charge in [0.25, 0.3) is 0 Å². The van der Waals surface area contributed by atoms with Crippen molar-refractivity contribution in [2.45, 2.75) is 69.4 Å². The van der Waals surface area contributed by atoms with E-state index in [-0.39, 0.29) is 18.1 Å². The lowest BCUT2D eigenvalue weighted by Crippen LogP contribution is -2.56. The largest absolute Gasteiger partial charge is 0.381 e. The van der Waals surface area contributed by atoms with Gasteiger partial charge in [0.15, 0.2) is 0 Å². The molecule has 168 valence electrons. The Balaban J connectivity index is 1.68. The number of benzene rings is 1. The number of urea groups is 1. The molecule has 0 atom stereocenters. The van der Waals surface area contributed by atoms with E-state index in [0.717, 1.165) is 31.2 Å². The van der Waals surface area contributed by atoms with Crippen molar-refractivity contribution in [3.05, 3.63) is 29.8 Å². The Hall–Kier alpha value is -1.64. The molecular formula is C22H35N3O4S. The van der Waals surface area contributed by atoms with Crippen LogP contribution < -0.4 is 5.32 Å². The molecule has 2 heterocycles. The molecular weight excluding hydrogens is 402 g/mol. The normalized spacial score (nSPS) is 19.5. The Bertz CT molecular complexity index is 783. The van der Waals surface area contributed by atoms with E-state index in [2.05, 4.69) is 12.2 Å². The number of ether oxygens (including phenoxy) is 1. The van der Waals surface area contributed by atoms with Crippen LogP contribution in [0, 0.1) is 0 Å². The summed E-state index contributed by atoms with van der Waals surface area (Å²) in [7, 11) is -3.50. The molecule has 2 aliphatic heterocycles. The van der Waals surface area contributed by atoms with E-state index in [1.54, 1.807) is 16.4 Å². The molecule has 1 aromatic carbocycles. The number of nitrogens with zero attached hydrogens (tertiary/aromatic N) is 2. The second-order valence-corrected chi connectivity index (χ2v) is 10.1. The first-order chi connectivity index (χ1) is 14.5. The van der Waals surface area contributed by atoms with Crippen LogP contribution in [0.4, 0.5) is 4.79 Å². The van der Waals surface area contributed by atoms with E-state index in [1.807, 2.05) is 24.0 Å². The molecule has 2 fully saturated rings. The molecule has 0 saturated carbocycles. The minimum absolute atomic E-state index is 0.0276. The second kappa shape index (κ2) is 10.6. The molecule has 2 saturated heterocycles. The Morgan fingerprint density at radius 3 is 2.23 bits per heavy atom. The summed E-state index contributed by atoms with van der Waals surface area (Å²) in [6.45, 7) is 6.95. The van der Waals surface area contributed by atoms with Gasteiger partial charge in [0, 0.05) is 44.9 Å². The van der Waals surface area contributed by atoms with Crippen molar-refractivity contribution >= 4 is 16.1 Å². The average Bonchev–Trinajstić information content (AvgIpc) is 2.79. The van der Waals surface area contributed by atoms with Crippen LogP contribution in [0.5, 0.6) is 0 Å². The number of rotatable bonds is 7. The quantitative estimate of drug-likeness (QED) is 0.711. The molecule has 30 heavy (non-hydrogen) atoms. The van der Waals surface area contributed by atoms with Gasteiger partial charge in [-0.1, -0.05) is 26.0 Å². The van der Waals surface area contributed by atoms with Crippen molar-refractivity contribution in [1.29, 1.82) is 0 Å². The zero-order chi connectivity index (χ0) is 21.6. The van der Waals surface area contributed by atoms with Gasteiger partial charge in [-0.2, -0.15) is 4.31 Å². The van der Waals surface area contributed by atoms with Gasteiger partial charge < -0.3 is 15.0 Å². The van der Waals surface area contributed by atoms with Gasteiger partial charge in [-0.05, 0) is 56.2 Å². The molecule has 7 nitrogen and oxygen atoms in total. The van der Waals surface area contributed by atoms with Crippen molar-refractivity contribution in [1.82, 2.24) is 14.5 Å². The van der Waals surface area contributed by atoms with Gasteiger partial charge in [-0.3, -0.25) is 0 Å². The number of piperidine rings is 1. The number of nitrogens with one attached hydrogen (secondary N) is 1. The standard InChI is InChI=1S/C22H35N3O4S/c1-3-13-23-22(26)25(20-11-16-29-17-12-20)19-9-14-24(15-10-19)30(27,28)21-7-5-18(4-2)6-8-21/h5-8,19-20H,3-4,9-17H2,1-2H3,(H,23,26). The van der Waals surface area contributed by atoms with Crippen molar-refractivity contribution in [2.24, 2.45) is 0 Å². The highest BCUT2D eigenvalue weighted by Gasteiger charge is 2.36. The average molecular weight is 438 g/mol. The molecule has 1 N–H and O–H groups in total. The number of carbonyl (C=O) groups is 1. The first kappa shape index (κ1) is 23.0. The Morgan fingerprint density at radius 1 is 1.07 bits per heavy atom. The summed E-state index contributed by atoms with van der Waals surface area (Å²) < 4.78 is 33.2. The molecule has 2 amide bonds. The molecule has 0 spiro atoms. The molecule has 0 unspecified atom stereocenters. The number of hydrogen-bond donors (Lipinski definition) is 1. The zero-order valence-electron chi connectivity index (χ0n) is 18.2. The van der Waals surface area contributed by atoms with E-state index in [0.29, 0.717) is 50.6 Å². The molecule has 0 aliphatic carbocycles. The third kappa shape index (κ3) is 5.34. The summed E-state index contributed by atoms with van der Waals surface area (Å²) >= 11 is 0. The Labute approximate surface area is 180 Å². The van der Waals surface area contributed by atoms with E-state index in [9.17, 15) is 13.2 Å². The molecule has 0 aromatic heterocycles. The zero-order valence-corrected chi connectivity index (χ0v) is 19.0. The predicted molar refractivity (Wildman–Crippen MR) is 117 cm³/mol. The first-order valence-electron chi connectivity index (χ1n) is 11.2. The number of hydrogen-bond acceptors (Lipinski definition) is 4. The first-order valence-corrected chi connectivity index (χ1v) is 12.6. The molecule has 3 rings (SSSR count). The highest BCUT2D eigenvalue weighted by atomic mass is 32.2. The minimum Gasteiger partial charge on any atom is -0.381 e. The Morgan fingerprint density at radius 2 is 1.67 bits per heavy atom. The van der Waals surface area contributed by atoms with Crippen molar-refractivity contribution in [3.8, 4) is 0 Å². The van der Waals surface area contributed by atoms with Gasteiger partial charge in [0.2, 0.25) is 10.0 Å². The van der Waals surface area contributed by atoms with Crippen LogP contribution in [-0.4, -0.2) is 68.6 Å². The minimum atomic E-state index is -3.50. The van der Waals surface area contributed by atoms with Gasteiger partial charge >= 0.3 is 6.03 Å². The van der Waals surface area contributed by atoms with Crippen LogP contribution in [0.2, 0.25) is 0 Å². The SMILES string of the molecule is CCCNC(=O)N(C1CCOCC1)C1CCN(S(=O)(=O)c2ccc(CC)cc2)CC1. The lowest BCUT2D eigenvalue weighted by atomic mass is 9.99. The summed E-state index contributed by atoms with van der Waals surface area (Å²) in [6, 6.07) is 7.35. The summed E-state index contributed by atoms with van der Waals surface area (Å²) in [5.74, 6) is 0. The maximum absolute atomic E-state index is 13.1. The maximum Gasteiger partial charge on any atom is 0.317 e. The van der Waals surface area contributed by atoms with Crippen LogP contribution >= 0.6 is 0 Å². The summed E-state index contributed by atoms with van der Waals surface area (Å²) in [5, 5.41) is 3.02. The van der Waals surface area contributed by atoms with Gasteiger partial charge in [-0.25, -0.2) is 13.2 Å². The highest BCUT2D eigenvalue weighted by Crippen LogP contribution is 2.27. The van der Waals surface area contributed by atoms with E-state index in [1.165, 1.54) is 0 Å². The topological polar surface area (TPSA) is 79.0 Å². The fourth-order valence-electron chi connectivity index (χ4n) is 4.32. The Kier molecular flexibility index (Phi) is 8.13. The third-order valence-corrected chi connectivity index (χ3v) is 8.04. The molecule has 2 aliphatic rings. The monoisotopic (exact) mass is 437 g/mol.